The molecular formula is C25H47ClN2. The van der Waals surface area contributed by atoms with Gasteiger partial charge in [0, 0.05) is 11.8 Å². The lowest BCUT2D eigenvalue weighted by molar-refractivity contribution is -0.381. The number of quaternary nitrogens is 1. The first-order valence-electron chi connectivity index (χ1n) is 11.9. The minimum atomic E-state index is 0. The molecule has 4 saturated carbocycles. The summed E-state index contributed by atoms with van der Waals surface area (Å²) in [4.78, 5) is 0. The molecule has 3 heteroatoms. The van der Waals surface area contributed by atoms with E-state index < -0.39 is 0 Å². The van der Waals surface area contributed by atoms with Crippen molar-refractivity contribution in [3.8, 4) is 6.07 Å². The van der Waals surface area contributed by atoms with E-state index in [1.165, 1.54) is 122 Å². The van der Waals surface area contributed by atoms with E-state index in [2.05, 4.69) is 11.8 Å². The monoisotopic (exact) mass is 410 g/mol. The fourth-order valence-electron chi connectivity index (χ4n) is 6.54. The average molecular weight is 411 g/mol. The zero-order chi connectivity index (χ0) is 18.3. The van der Waals surface area contributed by atoms with Gasteiger partial charge in [-0.15, -0.1) is 0 Å². The van der Waals surface area contributed by atoms with Crippen molar-refractivity contribution < 1.29 is 18.1 Å². The van der Waals surface area contributed by atoms with Crippen molar-refractivity contribution in [2.75, 3.05) is 6.54 Å². The Morgan fingerprint density at radius 2 is 1.07 bits per heavy atom. The number of nitrogens with zero attached hydrogens (tertiary/aromatic N) is 1. The lowest BCUT2D eigenvalue weighted by atomic mass is 9.63. The van der Waals surface area contributed by atoms with E-state index in [0.29, 0.717) is 11.3 Å². The van der Waals surface area contributed by atoms with Crippen LogP contribution in [-0.4, -0.2) is 6.54 Å². The van der Waals surface area contributed by atoms with Gasteiger partial charge < -0.3 is 18.1 Å². The Kier molecular flexibility index (Phi) is 11.5. The van der Waals surface area contributed by atoms with Crippen LogP contribution in [0.5, 0.6) is 0 Å². The van der Waals surface area contributed by atoms with E-state index in [4.69, 9.17) is 5.26 Å². The predicted molar refractivity (Wildman–Crippen MR) is 115 cm³/mol. The summed E-state index contributed by atoms with van der Waals surface area (Å²) in [6.07, 6.45) is 25.9. The van der Waals surface area contributed by atoms with Gasteiger partial charge in [0.05, 0.1) is 12.6 Å². The predicted octanol–water partition coefficient (Wildman–Crippen LogP) is 3.66. The normalized spacial score (nSPS) is 28.8. The van der Waals surface area contributed by atoms with Gasteiger partial charge in [-0.2, -0.15) is 5.26 Å². The number of halogens is 1. The highest BCUT2D eigenvalue weighted by molar-refractivity contribution is 4.94. The molecule has 4 aliphatic rings. The maximum Gasteiger partial charge on any atom is 0.0768 e. The lowest BCUT2D eigenvalue weighted by Gasteiger charge is -2.42. The lowest BCUT2D eigenvalue weighted by Crippen LogP contribution is -3.00. The quantitative estimate of drug-likeness (QED) is 0.704. The molecule has 4 fully saturated rings. The molecule has 0 radical (unpaired) electrons. The zero-order valence-electron chi connectivity index (χ0n) is 17.6. The molecule has 0 aromatic heterocycles. The van der Waals surface area contributed by atoms with E-state index in [1.54, 1.807) is 0 Å². The molecule has 0 aromatic rings. The van der Waals surface area contributed by atoms with Crippen molar-refractivity contribution in [2.45, 2.75) is 123 Å². The highest BCUT2D eigenvalue weighted by Crippen LogP contribution is 2.49. The van der Waals surface area contributed by atoms with Crippen molar-refractivity contribution >= 4 is 0 Å². The summed E-state index contributed by atoms with van der Waals surface area (Å²) in [6.45, 7) is 1.18. The van der Waals surface area contributed by atoms with Gasteiger partial charge in [0.25, 0.3) is 0 Å². The summed E-state index contributed by atoms with van der Waals surface area (Å²) in [5.74, 6) is 1.35. The van der Waals surface area contributed by atoms with Gasteiger partial charge >= 0.3 is 0 Å². The maximum absolute atomic E-state index is 8.83. The van der Waals surface area contributed by atoms with Crippen LogP contribution in [-0.2, 0) is 0 Å². The summed E-state index contributed by atoms with van der Waals surface area (Å²) in [5.41, 5.74) is 5.54. The van der Waals surface area contributed by atoms with E-state index in [-0.39, 0.29) is 19.8 Å². The second-order valence-electron chi connectivity index (χ2n) is 10.3. The van der Waals surface area contributed by atoms with Crippen molar-refractivity contribution in [1.29, 1.82) is 5.26 Å². The van der Waals surface area contributed by atoms with Crippen LogP contribution >= 0.6 is 0 Å². The fraction of sp³-hybridized carbons (Fsp3) is 0.960. The number of hydrogen-bond donors (Lipinski definition) is 1. The van der Waals surface area contributed by atoms with E-state index in [9.17, 15) is 0 Å². The number of hydrogen-bond acceptors (Lipinski definition) is 1. The first kappa shape index (κ1) is 25.8. The SMILES string of the molecule is C.N#CC1CCC2(CCCCC2)CC1.[Cl-].[NH3+]CC1CCC2(CCCCC2)CC1. The Morgan fingerprint density at radius 1 is 0.679 bits per heavy atom. The molecule has 0 amide bonds. The van der Waals surface area contributed by atoms with E-state index >= 15 is 0 Å². The van der Waals surface area contributed by atoms with Crippen LogP contribution in [0.3, 0.4) is 0 Å². The van der Waals surface area contributed by atoms with Crippen LogP contribution < -0.4 is 18.1 Å². The number of nitriles is 1. The molecule has 0 unspecified atom stereocenters. The molecule has 3 N–H and O–H groups in total. The molecule has 0 atom stereocenters. The minimum Gasteiger partial charge on any atom is -1.00 e. The van der Waals surface area contributed by atoms with Gasteiger partial charge in [-0.1, -0.05) is 46.0 Å². The topological polar surface area (TPSA) is 51.4 Å². The van der Waals surface area contributed by atoms with Crippen LogP contribution in [0.4, 0.5) is 0 Å². The highest BCUT2D eigenvalue weighted by Gasteiger charge is 2.36. The Balaban J connectivity index is 0.000000261. The Bertz CT molecular complexity index is 438. The second-order valence-corrected chi connectivity index (χ2v) is 10.3. The van der Waals surface area contributed by atoms with Gasteiger partial charge in [0.15, 0.2) is 0 Å². The van der Waals surface area contributed by atoms with Gasteiger partial charge in [0.1, 0.15) is 0 Å². The van der Waals surface area contributed by atoms with Crippen molar-refractivity contribution in [2.24, 2.45) is 22.7 Å². The van der Waals surface area contributed by atoms with Crippen LogP contribution in [0.1, 0.15) is 123 Å². The van der Waals surface area contributed by atoms with Gasteiger partial charge in [0.2, 0.25) is 0 Å². The van der Waals surface area contributed by atoms with Gasteiger partial charge in [-0.25, -0.2) is 0 Å². The van der Waals surface area contributed by atoms with Gasteiger partial charge in [-0.3, -0.25) is 0 Å². The first-order valence-corrected chi connectivity index (χ1v) is 11.9. The molecule has 0 heterocycles. The first-order chi connectivity index (χ1) is 12.7. The third-order valence-electron chi connectivity index (χ3n) is 8.63. The third-order valence-corrected chi connectivity index (χ3v) is 8.63. The minimum absolute atomic E-state index is 0. The Labute approximate surface area is 181 Å². The molecule has 0 bridgehead atoms. The molecule has 2 spiro atoms. The fourth-order valence-corrected chi connectivity index (χ4v) is 6.54. The summed E-state index contributed by atoms with van der Waals surface area (Å²) in [5, 5.41) is 8.83. The largest absolute Gasteiger partial charge is 1.00 e. The smallest absolute Gasteiger partial charge is 0.0768 e. The number of rotatable bonds is 1. The Hall–Kier alpha value is -0.260. The molecule has 0 aromatic carbocycles. The zero-order valence-corrected chi connectivity index (χ0v) is 18.4. The van der Waals surface area contributed by atoms with E-state index in [0.717, 1.165) is 11.3 Å². The van der Waals surface area contributed by atoms with Crippen molar-refractivity contribution in [1.82, 2.24) is 0 Å². The molecule has 0 aliphatic heterocycles. The summed E-state index contributed by atoms with van der Waals surface area (Å²) < 4.78 is 0. The van der Waals surface area contributed by atoms with E-state index in [1.807, 2.05) is 0 Å². The van der Waals surface area contributed by atoms with Crippen LogP contribution in [0.2, 0.25) is 0 Å². The third kappa shape index (κ3) is 6.91. The van der Waals surface area contributed by atoms with Gasteiger partial charge in [-0.05, 0) is 87.9 Å². The maximum atomic E-state index is 8.83. The molecule has 0 saturated heterocycles. The second kappa shape index (κ2) is 12.4. The van der Waals surface area contributed by atoms with Crippen LogP contribution in [0.25, 0.3) is 0 Å². The van der Waals surface area contributed by atoms with Crippen molar-refractivity contribution in [3.63, 3.8) is 0 Å². The van der Waals surface area contributed by atoms with Crippen molar-refractivity contribution in [3.05, 3.63) is 0 Å². The summed E-state index contributed by atoms with van der Waals surface area (Å²) in [7, 11) is 0. The molecule has 28 heavy (non-hydrogen) atoms. The Morgan fingerprint density at radius 3 is 1.43 bits per heavy atom. The molecule has 4 aliphatic carbocycles. The summed E-state index contributed by atoms with van der Waals surface area (Å²) >= 11 is 0. The van der Waals surface area contributed by atoms with Crippen LogP contribution in [0, 0.1) is 34.0 Å². The average Bonchev–Trinajstić information content (AvgIpc) is 2.71. The molecule has 2 nitrogen and oxygen atoms in total. The highest BCUT2D eigenvalue weighted by atomic mass is 35.5. The van der Waals surface area contributed by atoms with Crippen LogP contribution in [0.15, 0.2) is 0 Å². The molecule has 4 rings (SSSR count). The standard InChI is InChI=1S/C12H23N.C12H19N.CH4.ClH/c2*13-10-11-4-8-12(9-5-11)6-2-1-3-7-12;;/h11H,1-10,13H2;11H,1-9H2;1H4;1H. The molecular weight excluding hydrogens is 364 g/mol. The molecule has 164 valence electrons. The summed E-state index contributed by atoms with van der Waals surface area (Å²) in [6, 6.07) is 2.43.